The van der Waals surface area contributed by atoms with Gasteiger partial charge in [-0.1, -0.05) is 6.07 Å². The molecule has 2 rings (SSSR count). The van der Waals surface area contributed by atoms with E-state index in [9.17, 15) is 14.4 Å². The van der Waals surface area contributed by atoms with Crippen molar-refractivity contribution < 1.29 is 14.4 Å². The first kappa shape index (κ1) is 18.5. The van der Waals surface area contributed by atoms with Crippen LogP contribution in [-0.4, -0.2) is 60.2 Å². The molecule has 1 aliphatic heterocycles. The van der Waals surface area contributed by atoms with Crippen molar-refractivity contribution in [2.24, 2.45) is 0 Å². The first-order valence-electron chi connectivity index (χ1n) is 8.24. The van der Waals surface area contributed by atoms with Gasteiger partial charge in [-0.05, 0) is 18.2 Å². The molecule has 0 saturated carbocycles. The van der Waals surface area contributed by atoms with Crippen molar-refractivity contribution in [2.45, 2.75) is 20.3 Å². The highest BCUT2D eigenvalue weighted by Crippen LogP contribution is 2.17. The molecular weight excluding hydrogens is 320 g/mol. The third-order valence-electron chi connectivity index (χ3n) is 4.29. The van der Waals surface area contributed by atoms with Crippen LogP contribution in [0, 0.1) is 11.3 Å². The molecule has 0 atom stereocenters. The summed E-state index contributed by atoms with van der Waals surface area (Å²) < 4.78 is 0. The second-order valence-electron chi connectivity index (χ2n) is 5.97. The number of nitriles is 1. The lowest BCUT2D eigenvalue weighted by atomic mass is 10.2. The van der Waals surface area contributed by atoms with Gasteiger partial charge in [0.15, 0.2) is 0 Å². The van der Waals surface area contributed by atoms with E-state index in [4.69, 9.17) is 5.26 Å². The average molecular weight is 342 g/mol. The first-order chi connectivity index (χ1) is 11.9. The number of piperazine rings is 1. The Kier molecular flexibility index (Phi) is 6.12. The van der Waals surface area contributed by atoms with Gasteiger partial charge in [-0.3, -0.25) is 14.4 Å². The summed E-state index contributed by atoms with van der Waals surface area (Å²) in [6.45, 7) is 5.34. The van der Waals surface area contributed by atoms with Gasteiger partial charge in [-0.25, -0.2) is 0 Å². The summed E-state index contributed by atoms with van der Waals surface area (Å²) >= 11 is 0. The predicted octanol–water partition coefficient (Wildman–Crippen LogP) is 0.992. The zero-order chi connectivity index (χ0) is 18.4. The zero-order valence-corrected chi connectivity index (χ0v) is 14.6. The lowest BCUT2D eigenvalue weighted by molar-refractivity contribution is -0.138. The summed E-state index contributed by atoms with van der Waals surface area (Å²) in [6.07, 6.45) is 0.205. The van der Waals surface area contributed by atoms with Crippen molar-refractivity contribution >= 4 is 23.4 Å². The normalized spacial score (nSPS) is 14.0. The minimum atomic E-state index is -0.177. The number of anilines is 1. The summed E-state index contributed by atoms with van der Waals surface area (Å²) in [7, 11) is 0. The minimum Gasteiger partial charge on any atom is -0.339 e. The van der Waals surface area contributed by atoms with E-state index in [1.54, 1.807) is 34.1 Å². The van der Waals surface area contributed by atoms with Gasteiger partial charge in [0.05, 0.1) is 11.6 Å². The highest BCUT2D eigenvalue weighted by molar-refractivity contribution is 5.92. The fraction of sp³-hybridized carbons (Fsp3) is 0.444. The Morgan fingerprint density at radius 2 is 1.76 bits per heavy atom. The standard InChI is InChI=1S/C18H22N4O3/c1-14(23)20-8-10-21(11-9-20)18(25)6-7-22(15(2)24)17-5-3-4-16(12-17)13-19/h3-5,12H,6-11H2,1-2H3. The molecule has 25 heavy (non-hydrogen) atoms. The SMILES string of the molecule is CC(=O)N1CCN(C(=O)CCN(C(C)=O)c2cccc(C#N)c2)CC1. The van der Waals surface area contributed by atoms with E-state index in [2.05, 4.69) is 0 Å². The van der Waals surface area contributed by atoms with Crippen LogP contribution in [0.5, 0.6) is 0 Å². The largest absolute Gasteiger partial charge is 0.339 e. The highest BCUT2D eigenvalue weighted by Gasteiger charge is 2.23. The third-order valence-corrected chi connectivity index (χ3v) is 4.29. The third kappa shape index (κ3) is 4.80. The van der Waals surface area contributed by atoms with E-state index in [1.165, 1.54) is 18.7 Å². The molecule has 0 bridgehead atoms. The molecular formula is C18H22N4O3. The van der Waals surface area contributed by atoms with E-state index in [-0.39, 0.29) is 30.7 Å². The highest BCUT2D eigenvalue weighted by atomic mass is 16.2. The fourth-order valence-electron chi connectivity index (χ4n) is 2.85. The summed E-state index contributed by atoms with van der Waals surface area (Å²) in [4.78, 5) is 40.6. The summed E-state index contributed by atoms with van der Waals surface area (Å²) in [6, 6.07) is 8.81. The molecule has 0 N–H and O–H groups in total. The van der Waals surface area contributed by atoms with Gasteiger partial charge in [-0.2, -0.15) is 5.26 Å². The number of hydrogen-bond acceptors (Lipinski definition) is 4. The van der Waals surface area contributed by atoms with Crippen LogP contribution in [0.2, 0.25) is 0 Å². The Morgan fingerprint density at radius 3 is 2.32 bits per heavy atom. The average Bonchev–Trinajstić information content (AvgIpc) is 2.61. The Labute approximate surface area is 147 Å². The van der Waals surface area contributed by atoms with E-state index in [0.29, 0.717) is 37.4 Å². The number of hydrogen-bond donors (Lipinski definition) is 0. The van der Waals surface area contributed by atoms with Gasteiger partial charge in [-0.15, -0.1) is 0 Å². The zero-order valence-electron chi connectivity index (χ0n) is 14.6. The van der Waals surface area contributed by atoms with Gasteiger partial charge < -0.3 is 14.7 Å². The fourth-order valence-corrected chi connectivity index (χ4v) is 2.85. The van der Waals surface area contributed by atoms with E-state index in [1.807, 2.05) is 6.07 Å². The van der Waals surface area contributed by atoms with Crippen molar-refractivity contribution in [3.63, 3.8) is 0 Å². The van der Waals surface area contributed by atoms with Crippen LogP contribution in [0.4, 0.5) is 5.69 Å². The Bertz CT molecular complexity index is 703. The van der Waals surface area contributed by atoms with Crippen LogP contribution < -0.4 is 4.90 Å². The van der Waals surface area contributed by atoms with Crippen LogP contribution in [-0.2, 0) is 14.4 Å². The van der Waals surface area contributed by atoms with Crippen molar-refractivity contribution in [1.82, 2.24) is 9.80 Å². The van der Waals surface area contributed by atoms with Crippen LogP contribution in [0.1, 0.15) is 25.8 Å². The van der Waals surface area contributed by atoms with Gasteiger partial charge in [0.1, 0.15) is 0 Å². The van der Waals surface area contributed by atoms with Crippen molar-refractivity contribution in [3.05, 3.63) is 29.8 Å². The maximum Gasteiger partial charge on any atom is 0.224 e. The molecule has 1 aliphatic rings. The molecule has 3 amide bonds. The van der Waals surface area contributed by atoms with E-state index in [0.717, 1.165) is 0 Å². The minimum absolute atomic E-state index is 0.0206. The molecule has 1 fully saturated rings. The molecule has 7 nitrogen and oxygen atoms in total. The maximum atomic E-state index is 12.4. The molecule has 1 heterocycles. The summed E-state index contributed by atoms with van der Waals surface area (Å²) in [5.41, 5.74) is 1.08. The topological polar surface area (TPSA) is 84.7 Å². The second kappa shape index (κ2) is 8.29. The number of amides is 3. The molecule has 132 valence electrons. The van der Waals surface area contributed by atoms with E-state index >= 15 is 0 Å². The molecule has 7 heteroatoms. The van der Waals surface area contributed by atoms with Crippen LogP contribution in [0.3, 0.4) is 0 Å². The van der Waals surface area contributed by atoms with Crippen molar-refractivity contribution in [2.75, 3.05) is 37.6 Å². The van der Waals surface area contributed by atoms with Gasteiger partial charge in [0.25, 0.3) is 0 Å². The number of carbonyl (C=O) groups is 3. The van der Waals surface area contributed by atoms with Crippen LogP contribution in [0.15, 0.2) is 24.3 Å². The number of carbonyl (C=O) groups excluding carboxylic acids is 3. The number of nitrogens with zero attached hydrogens (tertiary/aromatic N) is 4. The van der Waals surface area contributed by atoms with Crippen LogP contribution in [0.25, 0.3) is 0 Å². The Hall–Kier alpha value is -2.88. The van der Waals surface area contributed by atoms with Crippen molar-refractivity contribution in [3.8, 4) is 6.07 Å². The Morgan fingerprint density at radius 1 is 1.12 bits per heavy atom. The molecule has 0 spiro atoms. The van der Waals surface area contributed by atoms with Crippen molar-refractivity contribution in [1.29, 1.82) is 5.26 Å². The first-order valence-corrected chi connectivity index (χ1v) is 8.24. The molecule has 1 aromatic rings. The lowest BCUT2D eigenvalue weighted by Crippen LogP contribution is -2.50. The molecule has 0 radical (unpaired) electrons. The lowest BCUT2D eigenvalue weighted by Gasteiger charge is -2.34. The van der Waals surface area contributed by atoms with Gasteiger partial charge >= 0.3 is 0 Å². The van der Waals surface area contributed by atoms with Crippen LogP contribution >= 0.6 is 0 Å². The monoisotopic (exact) mass is 342 g/mol. The summed E-state index contributed by atoms with van der Waals surface area (Å²) in [5, 5.41) is 8.99. The molecule has 1 aromatic carbocycles. The molecule has 0 unspecified atom stereocenters. The molecule has 1 saturated heterocycles. The molecule has 0 aromatic heterocycles. The van der Waals surface area contributed by atoms with E-state index < -0.39 is 0 Å². The Balaban J connectivity index is 1.95. The summed E-state index contributed by atoms with van der Waals surface area (Å²) in [5.74, 6) is -0.192. The number of benzene rings is 1. The maximum absolute atomic E-state index is 12.4. The quantitative estimate of drug-likeness (QED) is 0.817. The molecule has 0 aliphatic carbocycles. The smallest absolute Gasteiger partial charge is 0.224 e. The van der Waals surface area contributed by atoms with Gasteiger partial charge in [0, 0.05) is 58.7 Å². The number of rotatable bonds is 4. The predicted molar refractivity (Wildman–Crippen MR) is 92.6 cm³/mol. The second-order valence-corrected chi connectivity index (χ2v) is 5.97. The van der Waals surface area contributed by atoms with Gasteiger partial charge in [0.2, 0.25) is 17.7 Å².